The number of carbonyl (C=O) groups excluding carboxylic acids is 1. The van der Waals surface area contributed by atoms with E-state index in [0.717, 1.165) is 0 Å². The molecular weight excluding hydrogens is 312 g/mol. The highest BCUT2D eigenvalue weighted by Gasteiger charge is 2.20. The van der Waals surface area contributed by atoms with Crippen LogP contribution in [0.25, 0.3) is 0 Å². The quantitative estimate of drug-likeness (QED) is 0.877. The minimum absolute atomic E-state index is 0.0427. The molecule has 5 nitrogen and oxygen atoms in total. The van der Waals surface area contributed by atoms with Crippen molar-refractivity contribution in [1.82, 2.24) is 4.98 Å². The molecule has 110 valence electrons. The second kappa shape index (κ2) is 5.83. The molecule has 0 fully saturated rings. The highest BCUT2D eigenvalue weighted by atomic mass is 35.5. The fraction of sp³-hybridized carbons (Fsp3) is 0.143. The number of halogens is 1. The molecule has 1 N–H and O–H groups in total. The van der Waals surface area contributed by atoms with Gasteiger partial charge in [-0.3, -0.25) is 9.52 Å². The second-order valence-corrected chi connectivity index (χ2v) is 6.53. The van der Waals surface area contributed by atoms with Gasteiger partial charge >= 0.3 is 0 Å². The Morgan fingerprint density at radius 1 is 1.29 bits per heavy atom. The summed E-state index contributed by atoms with van der Waals surface area (Å²) in [6.45, 7) is 3.09. The van der Waals surface area contributed by atoms with Gasteiger partial charge in [0.2, 0.25) is 0 Å². The Kier molecular flexibility index (Phi) is 4.29. The third kappa shape index (κ3) is 3.40. The molecule has 0 bridgehead atoms. The molecule has 0 spiro atoms. The molecule has 0 aliphatic carbocycles. The van der Waals surface area contributed by atoms with Gasteiger partial charge in [-0.05, 0) is 43.7 Å². The molecule has 0 aliphatic heterocycles. The zero-order valence-corrected chi connectivity index (χ0v) is 13.0. The number of carbonyl (C=O) groups is 1. The molecule has 0 saturated carbocycles. The number of hydrogen-bond acceptors (Lipinski definition) is 4. The number of aryl methyl sites for hydroxylation is 1. The van der Waals surface area contributed by atoms with Crippen molar-refractivity contribution < 1.29 is 13.2 Å². The molecule has 21 heavy (non-hydrogen) atoms. The first-order valence-electron chi connectivity index (χ1n) is 6.06. The minimum atomic E-state index is -3.92. The van der Waals surface area contributed by atoms with Crippen molar-refractivity contribution in [3.05, 3.63) is 52.7 Å². The summed E-state index contributed by atoms with van der Waals surface area (Å²) >= 11 is 5.94. The van der Waals surface area contributed by atoms with E-state index in [2.05, 4.69) is 9.71 Å². The Morgan fingerprint density at radius 3 is 2.62 bits per heavy atom. The van der Waals surface area contributed by atoms with E-state index >= 15 is 0 Å². The number of hydrogen-bond donors (Lipinski definition) is 1. The van der Waals surface area contributed by atoms with Crippen molar-refractivity contribution >= 4 is 33.2 Å². The van der Waals surface area contributed by atoms with E-state index in [0.29, 0.717) is 5.56 Å². The average molecular weight is 325 g/mol. The van der Waals surface area contributed by atoms with Crippen molar-refractivity contribution in [2.45, 2.75) is 18.7 Å². The maximum Gasteiger partial charge on any atom is 0.264 e. The maximum absolute atomic E-state index is 12.4. The van der Waals surface area contributed by atoms with Gasteiger partial charge in [-0.2, -0.15) is 0 Å². The molecule has 7 heteroatoms. The maximum atomic E-state index is 12.4. The number of Topliss-reactive ketones (excluding diaryl/α,β-unsaturated/α-hetero) is 1. The summed E-state index contributed by atoms with van der Waals surface area (Å²) in [7, 11) is -3.92. The minimum Gasteiger partial charge on any atom is -0.295 e. The Morgan fingerprint density at radius 2 is 2.00 bits per heavy atom. The average Bonchev–Trinajstić information content (AvgIpc) is 2.41. The van der Waals surface area contributed by atoms with E-state index < -0.39 is 10.0 Å². The van der Waals surface area contributed by atoms with E-state index in [9.17, 15) is 13.2 Å². The topological polar surface area (TPSA) is 76.1 Å². The monoisotopic (exact) mass is 324 g/mol. The normalized spacial score (nSPS) is 11.2. The molecule has 2 aromatic rings. The lowest BCUT2D eigenvalue weighted by molar-refractivity contribution is 0.101. The van der Waals surface area contributed by atoms with Crippen molar-refractivity contribution in [3.8, 4) is 0 Å². The lowest BCUT2D eigenvalue weighted by Gasteiger charge is -2.11. The van der Waals surface area contributed by atoms with Crippen LogP contribution in [0.2, 0.25) is 5.02 Å². The van der Waals surface area contributed by atoms with Crippen LogP contribution in [0, 0.1) is 6.92 Å². The molecule has 0 atom stereocenters. The summed E-state index contributed by atoms with van der Waals surface area (Å²) in [5.74, 6) is -0.0149. The molecule has 1 heterocycles. The Bertz CT molecular complexity index is 804. The van der Waals surface area contributed by atoms with Crippen LogP contribution in [0.3, 0.4) is 0 Å². The summed E-state index contributed by atoms with van der Waals surface area (Å²) in [4.78, 5) is 15.2. The van der Waals surface area contributed by atoms with Crippen molar-refractivity contribution in [1.29, 1.82) is 0 Å². The first-order chi connectivity index (χ1) is 9.81. The predicted molar refractivity (Wildman–Crippen MR) is 81.2 cm³/mol. The molecule has 0 aliphatic rings. The van der Waals surface area contributed by atoms with E-state index in [1.165, 1.54) is 31.3 Å². The SMILES string of the molecule is CC(=O)c1ccc(Cl)c(S(=O)(=O)Nc2ncccc2C)c1. The van der Waals surface area contributed by atoms with Crippen LogP contribution in [0.5, 0.6) is 0 Å². The number of aromatic nitrogens is 1. The van der Waals surface area contributed by atoms with Crippen LogP contribution in [-0.4, -0.2) is 19.2 Å². The van der Waals surface area contributed by atoms with Gasteiger partial charge in [-0.25, -0.2) is 13.4 Å². The molecule has 1 aromatic heterocycles. The highest BCUT2D eigenvalue weighted by Crippen LogP contribution is 2.25. The lowest BCUT2D eigenvalue weighted by atomic mass is 10.1. The molecule has 0 unspecified atom stereocenters. The molecule has 0 amide bonds. The van der Waals surface area contributed by atoms with Crippen LogP contribution in [0.1, 0.15) is 22.8 Å². The largest absolute Gasteiger partial charge is 0.295 e. The van der Waals surface area contributed by atoms with Crippen LogP contribution in [-0.2, 0) is 10.0 Å². The van der Waals surface area contributed by atoms with Crippen molar-refractivity contribution in [2.24, 2.45) is 0 Å². The molecule has 1 aromatic carbocycles. The Labute approximate surface area is 128 Å². The van der Waals surface area contributed by atoms with Gasteiger partial charge < -0.3 is 0 Å². The highest BCUT2D eigenvalue weighted by molar-refractivity contribution is 7.92. The number of anilines is 1. The fourth-order valence-corrected chi connectivity index (χ4v) is 3.31. The number of nitrogens with one attached hydrogen (secondary N) is 1. The second-order valence-electron chi connectivity index (χ2n) is 4.48. The molecule has 0 saturated heterocycles. The van der Waals surface area contributed by atoms with E-state index in [1.807, 2.05) is 0 Å². The van der Waals surface area contributed by atoms with E-state index in [1.54, 1.807) is 19.1 Å². The summed E-state index contributed by atoms with van der Waals surface area (Å²) < 4.78 is 27.2. The number of benzene rings is 1. The third-order valence-corrected chi connectivity index (χ3v) is 4.69. The van der Waals surface area contributed by atoms with Gasteiger partial charge in [-0.1, -0.05) is 17.7 Å². The van der Waals surface area contributed by atoms with Gasteiger partial charge in [0.1, 0.15) is 10.7 Å². The zero-order valence-electron chi connectivity index (χ0n) is 11.4. The summed E-state index contributed by atoms with van der Waals surface area (Å²) in [5.41, 5.74) is 0.956. The standard InChI is InChI=1S/C14H13ClN2O3S/c1-9-4-3-7-16-14(9)17-21(19,20)13-8-11(10(2)18)5-6-12(13)15/h3-8H,1-2H3,(H,16,17). The molecular formula is C14H13ClN2O3S. The molecule has 0 radical (unpaired) electrons. The number of sulfonamides is 1. The smallest absolute Gasteiger partial charge is 0.264 e. The van der Waals surface area contributed by atoms with Gasteiger partial charge in [0.25, 0.3) is 10.0 Å². The van der Waals surface area contributed by atoms with Crippen LogP contribution in [0.4, 0.5) is 5.82 Å². The van der Waals surface area contributed by atoms with E-state index in [-0.39, 0.29) is 27.1 Å². The van der Waals surface area contributed by atoms with Gasteiger partial charge in [0, 0.05) is 11.8 Å². The molecule has 2 rings (SSSR count). The number of ketones is 1. The zero-order chi connectivity index (χ0) is 15.6. The van der Waals surface area contributed by atoms with Gasteiger partial charge in [0.15, 0.2) is 5.78 Å². The van der Waals surface area contributed by atoms with Crippen molar-refractivity contribution in [3.63, 3.8) is 0 Å². The number of pyridine rings is 1. The third-order valence-electron chi connectivity index (χ3n) is 2.87. The summed E-state index contributed by atoms with van der Waals surface area (Å²) in [5, 5.41) is 0.0427. The number of nitrogens with zero attached hydrogens (tertiary/aromatic N) is 1. The Balaban J connectivity index is 2.47. The first-order valence-corrected chi connectivity index (χ1v) is 7.92. The fourth-order valence-electron chi connectivity index (χ4n) is 1.70. The lowest BCUT2D eigenvalue weighted by Crippen LogP contribution is -2.15. The first kappa shape index (κ1) is 15.5. The van der Waals surface area contributed by atoms with Gasteiger partial charge in [-0.15, -0.1) is 0 Å². The van der Waals surface area contributed by atoms with Crippen LogP contribution < -0.4 is 4.72 Å². The van der Waals surface area contributed by atoms with E-state index in [4.69, 9.17) is 11.6 Å². The number of rotatable bonds is 4. The Hall–Kier alpha value is -1.92. The van der Waals surface area contributed by atoms with Crippen LogP contribution >= 0.6 is 11.6 Å². The van der Waals surface area contributed by atoms with Gasteiger partial charge in [0.05, 0.1) is 5.02 Å². The van der Waals surface area contributed by atoms with Crippen molar-refractivity contribution in [2.75, 3.05) is 4.72 Å². The summed E-state index contributed by atoms with van der Waals surface area (Å²) in [6, 6.07) is 7.56. The predicted octanol–water partition coefficient (Wildman–Crippen LogP) is 3.05. The van der Waals surface area contributed by atoms with Crippen LogP contribution in [0.15, 0.2) is 41.4 Å². The summed E-state index contributed by atoms with van der Waals surface area (Å²) in [6.07, 6.45) is 1.48.